The molecular formula is C21H26N2O4. The monoisotopic (exact) mass is 370 g/mol. The van der Waals surface area contributed by atoms with Crippen LogP contribution in [0.4, 0.5) is 0 Å². The second-order valence-corrected chi connectivity index (χ2v) is 6.46. The smallest absolute Gasteiger partial charge is 0.251 e. The SMILES string of the molecule is COc1ccc(C(=O)NCc2ccc(CN3CCOCC3)cc2)cc1OC. The second-order valence-electron chi connectivity index (χ2n) is 6.46. The van der Waals surface area contributed by atoms with Crippen LogP contribution in [-0.4, -0.2) is 51.3 Å². The van der Waals surface area contributed by atoms with Crippen LogP contribution in [0.15, 0.2) is 42.5 Å². The van der Waals surface area contributed by atoms with E-state index in [1.54, 1.807) is 32.4 Å². The van der Waals surface area contributed by atoms with E-state index >= 15 is 0 Å². The van der Waals surface area contributed by atoms with Gasteiger partial charge in [0.2, 0.25) is 0 Å². The number of nitrogens with one attached hydrogen (secondary N) is 1. The van der Waals surface area contributed by atoms with E-state index < -0.39 is 0 Å². The van der Waals surface area contributed by atoms with Gasteiger partial charge in [-0.3, -0.25) is 9.69 Å². The molecule has 27 heavy (non-hydrogen) atoms. The fraction of sp³-hybridized carbons (Fsp3) is 0.381. The van der Waals surface area contributed by atoms with E-state index in [1.165, 1.54) is 5.56 Å². The molecule has 2 aromatic carbocycles. The van der Waals surface area contributed by atoms with Crippen molar-refractivity contribution in [3.63, 3.8) is 0 Å². The molecule has 0 bridgehead atoms. The van der Waals surface area contributed by atoms with E-state index in [0.29, 0.717) is 23.6 Å². The number of rotatable bonds is 7. The van der Waals surface area contributed by atoms with Crippen molar-refractivity contribution in [1.82, 2.24) is 10.2 Å². The number of benzene rings is 2. The minimum Gasteiger partial charge on any atom is -0.493 e. The summed E-state index contributed by atoms with van der Waals surface area (Å²) in [5.41, 5.74) is 2.87. The average molecular weight is 370 g/mol. The van der Waals surface area contributed by atoms with Gasteiger partial charge in [-0.1, -0.05) is 24.3 Å². The molecule has 1 N–H and O–H groups in total. The third kappa shape index (κ3) is 5.21. The van der Waals surface area contributed by atoms with Gasteiger partial charge in [-0.2, -0.15) is 0 Å². The normalized spacial score (nSPS) is 14.6. The number of carbonyl (C=O) groups excluding carboxylic acids is 1. The van der Waals surface area contributed by atoms with Crippen molar-refractivity contribution in [3.05, 3.63) is 59.2 Å². The molecule has 1 aliphatic rings. The third-order valence-corrected chi connectivity index (χ3v) is 4.63. The Hall–Kier alpha value is -2.57. The Kier molecular flexibility index (Phi) is 6.68. The van der Waals surface area contributed by atoms with E-state index in [4.69, 9.17) is 14.2 Å². The number of methoxy groups -OCH3 is 2. The summed E-state index contributed by atoms with van der Waals surface area (Å²) in [4.78, 5) is 14.8. The van der Waals surface area contributed by atoms with Crippen LogP contribution in [0.3, 0.4) is 0 Å². The molecule has 1 fully saturated rings. The lowest BCUT2D eigenvalue weighted by molar-refractivity contribution is 0.0342. The fourth-order valence-corrected chi connectivity index (χ4v) is 3.04. The molecule has 1 aliphatic heterocycles. The van der Waals surface area contributed by atoms with Crippen LogP contribution in [0.5, 0.6) is 11.5 Å². The highest BCUT2D eigenvalue weighted by molar-refractivity contribution is 5.94. The molecule has 0 aromatic heterocycles. The number of amides is 1. The van der Waals surface area contributed by atoms with Gasteiger partial charge in [-0.25, -0.2) is 0 Å². The van der Waals surface area contributed by atoms with Crippen LogP contribution < -0.4 is 14.8 Å². The van der Waals surface area contributed by atoms with Gasteiger partial charge in [0.25, 0.3) is 5.91 Å². The van der Waals surface area contributed by atoms with Crippen molar-refractivity contribution >= 4 is 5.91 Å². The molecule has 1 saturated heterocycles. The van der Waals surface area contributed by atoms with Gasteiger partial charge in [-0.05, 0) is 29.3 Å². The van der Waals surface area contributed by atoms with E-state index in [0.717, 1.165) is 38.4 Å². The molecule has 0 unspecified atom stereocenters. The van der Waals surface area contributed by atoms with Gasteiger partial charge in [-0.15, -0.1) is 0 Å². The quantitative estimate of drug-likeness (QED) is 0.811. The first-order valence-corrected chi connectivity index (χ1v) is 9.07. The summed E-state index contributed by atoms with van der Waals surface area (Å²) in [5.74, 6) is 0.996. The highest BCUT2D eigenvalue weighted by atomic mass is 16.5. The van der Waals surface area contributed by atoms with Crippen molar-refractivity contribution < 1.29 is 19.0 Å². The number of hydrogen-bond acceptors (Lipinski definition) is 5. The van der Waals surface area contributed by atoms with Gasteiger partial charge in [0.15, 0.2) is 11.5 Å². The Morgan fingerprint density at radius 1 is 1.00 bits per heavy atom. The predicted octanol–water partition coefficient (Wildman–Crippen LogP) is 2.47. The first-order valence-electron chi connectivity index (χ1n) is 9.07. The van der Waals surface area contributed by atoms with Gasteiger partial charge in [0.05, 0.1) is 27.4 Å². The molecule has 6 nitrogen and oxygen atoms in total. The summed E-state index contributed by atoms with van der Waals surface area (Å²) in [6.45, 7) is 4.97. The molecular weight excluding hydrogens is 344 g/mol. The highest BCUT2D eigenvalue weighted by Crippen LogP contribution is 2.27. The highest BCUT2D eigenvalue weighted by Gasteiger charge is 2.12. The topological polar surface area (TPSA) is 60.0 Å². The maximum Gasteiger partial charge on any atom is 0.251 e. The standard InChI is InChI=1S/C21H26N2O4/c1-25-19-8-7-18(13-20(19)26-2)21(24)22-14-16-3-5-17(6-4-16)15-23-9-11-27-12-10-23/h3-8,13H,9-12,14-15H2,1-2H3,(H,22,24). The van der Waals surface area contributed by atoms with Crippen LogP contribution in [0.1, 0.15) is 21.5 Å². The van der Waals surface area contributed by atoms with Crippen molar-refractivity contribution in [2.75, 3.05) is 40.5 Å². The lowest BCUT2D eigenvalue weighted by Gasteiger charge is -2.26. The molecule has 3 rings (SSSR count). The minimum atomic E-state index is -0.145. The zero-order valence-corrected chi connectivity index (χ0v) is 15.9. The molecule has 0 saturated carbocycles. The summed E-state index contributed by atoms with van der Waals surface area (Å²) in [6, 6.07) is 13.5. The van der Waals surface area contributed by atoms with Crippen LogP contribution in [-0.2, 0) is 17.8 Å². The van der Waals surface area contributed by atoms with E-state index in [9.17, 15) is 4.79 Å². The van der Waals surface area contributed by atoms with Gasteiger partial charge >= 0.3 is 0 Å². The van der Waals surface area contributed by atoms with Crippen LogP contribution in [0, 0.1) is 0 Å². The average Bonchev–Trinajstić information content (AvgIpc) is 2.73. The van der Waals surface area contributed by atoms with Gasteiger partial charge < -0.3 is 19.5 Å². The lowest BCUT2D eigenvalue weighted by atomic mass is 10.1. The molecule has 6 heteroatoms. The predicted molar refractivity (Wildman–Crippen MR) is 103 cm³/mol. The van der Waals surface area contributed by atoms with E-state index in [-0.39, 0.29) is 5.91 Å². The molecule has 1 heterocycles. The molecule has 1 amide bonds. The molecule has 0 atom stereocenters. The summed E-state index contributed by atoms with van der Waals surface area (Å²) in [7, 11) is 3.12. The third-order valence-electron chi connectivity index (χ3n) is 4.63. The summed E-state index contributed by atoms with van der Waals surface area (Å²) in [6.07, 6.45) is 0. The van der Waals surface area contributed by atoms with Gasteiger partial charge in [0.1, 0.15) is 0 Å². The number of ether oxygens (including phenoxy) is 3. The molecule has 0 spiro atoms. The summed E-state index contributed by atoms with van der Waals surface area (Å²) >= 11 is 0. The zero-order valence-electron chi connectivity index (χ0n) is 15.9. The zero-order chi connectivity index (χ0) is 19.1. The maximum absolute atomic E-state index is 12.4. The molecule has 0 radical (unpaired) electrons. The molecule has 144 valence electrons. The number of hydrogen-bond donors (Lipinski definition) is 1. The van der Waals surface area contributed by atoms with Crippen LogP contribution in [0.2, 0.25) is 0 Å². The van der Waals surface area contributed by atoms with Crippen molar-refractivity contribution in [3.8, 4) is 11.5 Å². The Balaban J connectivity index is 1.54. The maximum atomic E-state index is 12.4. The largest absolute Gasteiger partial charge is 0.493 e. The second kappa shape index (κ2) is 9.39. The fourth-order valence-electron chi connectivity index (χ4n) is 3.04. The van der Waals surface area contributed by atoms with E-state index in [2.05, 4.69) is 34.5 Å². The lowest BCUT2D eigenvalue weighted by Crippen LogP contribution is -2.35. The summed E-state index contributed by atoms with van der Waals surface area (Å²) in [5, 5.41) is 2.94. The van der Waals surface area contributed by atoms with Crippen molar-refractivity contribution in [1.29, 1.82) is 0 Å². The van der Waals surface area contributed by atoms with Crippen molar-refractivity contribution in [2.45, 2.75) is 13.1 Å². The van der Waals surface area contributed by atoms with Gasteiger partial charge in [0, 0.05) is 31.7 Å². The molecule has 2 aromatic rings. The van der Waals surface area contributed by atoms with Crippen LogP contribution >= 0.6 is 0 Å². The Morgan fingerprint density at radius 3 is 2.33 bits per heavy atom. The Labute approximate surface area is 160 Å². The number of nitrogens with zero attached hydrogens (tertiary/aromatic N) is 1. The number of carbonyl (C=O) groups is 1. The van der Waals surface area contributed by atoms with Crippen molar-refractivity contribution in [2.24, 2.45) is 0 Å². The van der Waals surface area contributed by atoms with Crippen LogP contribution in [0.25, 0.3) is 0 Å². The Morgan fingerprint density at radius 2 is 1.67 bits per heavy atom. The van der Waals surface area contributed by atoms with E-state index in [1.807, 2.05) is 0 Å². The Bertz CT molecular complexity index is 755. The number of morpholine rings is 1. The summed E-state index contributed by atoms with van der Waals surface area (Å²) < 4.78 is 15.8. The minimum absolute atomic E-state index is 0.145. The first-order chi connectivity index (χ1) is 13.2. The molecule has 0 aliphatic carbocycles. The first kappa shape index (κ1) is 19.2.